The molecule has 8 heteroatoms. The fraction of sp³-hybridized carbons (Fsp3) is 0.476. The Balaban J connectivity index is 0.00000240. The van der Waals surface area contributed by atoms with Gasteiger partial charge in [0, 0.05) is 20.1 Å². The van der Waals surface area contributed by atoms with Crippen molar-refractivity contribution in [2.24, 2.45) is 4.99 Å². The summed E-state index contributed by atoms with van der Waals surface area (Å²) in [5, 5.41) is 6.83. The number of nitrogens with one attached hydrogen (secondary N) is 2. The lowest BCUT2D eigenvalue weighted by atomic mass is 10.2. The third-order valence-electron chi connectivity index (χ3n) is 5.25. The Hall–Kier alpha value is -1.94. The second kappa shape index (κ2) is 10.2. The minimum Gasteiger partial charge on any atom is -0.465 e. The van der Waals surface area contributed by atoms with Crippen LogP contribution in [0.2, 0.25) is 0 Å². The van der Waals surface area contributed by atoms with E-state index in [2.05, 4.69) is 26.6 Å². The summed E-state index contributed by atoms with van der Waals surface area (Å²) in [5.41, 5.74) is 1.12. The van der Waals surface area contributed by atoms with Gasteiger partial charge in [0.2, 0.25) is 6.79 Å². The number of likely N-dealkylation sites (tertiary alicyclic amines) is 1. The van der Waals surface area contributed by atoms with E-state index in [0.717, 1.165) is 54.2 Å². The number of benzene rings is 1. The van der Waals surface area contributed by atoms with E-state index in [-0.39, 0.29) is 30.0 Å². The largest absolute Gasteiger partial charge is 0.465 e. The van der Waals surface area contributed by atoms with Gasteiger partial charge >= 0.3 is 0 Å². The first-order valence-electron chi connectivity index (χ1n) is 9.86. The van der Waals surface area contributed by atoms with Crippen LogP contribution in [0.15, 0.2) is 39.7 Å². The summed E-state index contributed by atoms with van der Waals surface area (Å²) in [6.07, 6.45) is 2.49. The Morgan fingerprint density at radius 1 is 1.10 bits per heavy atom. The van der Waals surface area contributed by atoms with E-state index in [1.807, 2.05) is 31.2 Å². The van der Waals surface area contributed by atoms with Crippen LogP contribution < -0.4 is 20.1 Å². The van der Waals surface area contributed by atoms with Gasteiger partial charge < -0.3 is 24.5 Å². The van der Waals surface area contributed by atoms with Crippen LogP contribution in [0, 0.1) is 6.92 Å². The van der Waals surface area contributed by atoms with Crippen molar-refractivity contribution in [3.8, 4) is 11.5 Å². The zero-order valence-electron chi connectivity index (χ0n) is 16.9. The maximum absolute atomic E-state index is 5.93. The van der Waals surface area contributed by atoms with Gasteiger partial charge in [0.05, 0.1) is 6.04 Å². The molecule has 0 spiro atoms. The van der Waals surface area contributed by atoms with Crippen molar-refractivity contribution in [2.75, 3.05) is 33.5 Å². The molecule has 158 valence electrons. The standard InChI is InChI=1S/C21H28N4O3.HI/c1-15-5-7-18(28-15)17(25-9-3-4-10-25)13-24-21(22-2)23-12-16-6-8-19-20(11-16)27-14-26-19;/h5-8,11,17H,3-4,9-10,12-14H2,1-2H3,(H2,22,23,24);1H. The monoisotopic (exact) mass is 512 g/mol. The molecular formula is C21H29IN4O3. The van der Waals surface area contributed by atoms with Crippen LogP contribution in [0.3, 0.4) is 0 Å². The maximum atomic E-state index is 5.93. The van der Waals surface area contributed by atoms with Gasteiger partial charge in [0.25, 0.3) is 0 Å². The summed E-state index contributed by atoms with van der Waals surface area (Å²) in [6, 6.07) is 10.3. The van der Waals surface area contributed by atoms with Gasteiger partial charge in [-0.15, -0.1) is 24.0 Å². The highest BCUT2D eigenvalue weighted by atomic mass is 127. The minimum atomic E-state index is 0. The summed E-state index contributed by atoms with van der Waals surface area (Å²) in [4.78, 5) is 6.84. The van der Waals surface area contributed by atoms with Crippen molar-refractivity contribution < 1.29 is 13.9 Å². The van der Waals surface area contributed by atoms with E-state index >= 15 is 0 Å². The van der Waals surface area contributed by atoms with Crippen LogP contribution >= 0.6 is 24.0 Å². The van der Waals surface area contributed by atoms with Crippen molar-refractivity contribution in [1.29, 1.82) is 0 Å². The van der Waals surface area contributed by atoms with E-state index < -0.39 is 0 Å². The van der Waals surface area contributed by atoms with Gasteiger partial charge in [-0.1, -0.05) is 6.07 Å². The molecule has 1 fully saturated rings. The molecule has 7 nitrogen and oxygen atoms in total. The number of furan rings is 1. The molecule has 2 N–H and O–H groups in total. The Labute approximate surface area is 188 Å². The Bertz CT molecular complexity index is 833. The number of hydrogen-bond acceptors (Lipinski definition) is 5. The zero-order valence-corrected chi connectivity index (χ0v) is 19.3. The maximum Gasteiger partial charge on any atom is 0.231 e. The van der Waals surface area contributed by atoms with Gasteiger partial charge in [-0.2, -0.15) is 0 Å². The molecule has 0 amide bonds. The van der Waals surface area contributed by atoms with E-state index in [0.29, 0.717) is 13.3 Å². The summed E-state index contributed by atoms with van der Waals surface area (Å²) in [6.45, 7) is 5.90. The van der Waals surface area contributed by atoms with Gasteiger partial charge in [-0.05, 0) is 62.7 Å². The fourth-order valence-corrected chi connectivity index (χ4v) is 3.75. The van der Waals surface area contributed by atoms with Crippen molar-refractivity contribution in [2.45, 2.75) is 32.4 Å². The lowest BCUT2D eigenvalue weighted by Crippen LogP contribution is -2.42. The Morgan fingerprint density at radius 3 is 2.62 bits per heavy atom. The summed E-state index contributed by atoms with van der Waals surface area (Å²) in [7, 11) is 1.79. The smallest absolute Gasteiger partial charge is 0.231 e. The van der Waals surface area contributed by atoms with E-state index in [4.69, 9.17) is 13.9 Å². The SMILES string of the molecule is CN=C(NCc1ccc2c(c1)OCO2)NCC(c1ccc(C)o1)N1CCCC1.I. The topological polar surface area (TPSA) is 71.3 Å². The molecule has 1 unspecified atom stereocenters. The third-order valence-corrected chi connectivity index (χ3v) is 5.25. The molecule has 0 saturated carbocycles. The van der Waals surface area contributed by atoms with E-state index in [1.165, 1.54) is 12.8 Å². The summed E-state index contributed by atoms with van der Waals surface area (Å²) >= 11 is 0. The molecular weight excluding hydrogens is 483 g/mol. The molecule has 0 radical (unpaired) electrons. The molecule has 3 heterocycles. The first kappa shape index (κ1) is 21.8. The molecule has 2 aliphatic rings. The van der Waals surface area contributed by atoms with Crippen molar-refractivity contribution in [3.05, 3.63) is 47.4 Å². The van der Waals surface area contributed by atoms with Gasteiger partial charge in [0.15, 0.2) is 17.5 Å². The first-order valence-corrected chi connectivity index (χ1v) is 9.86. The highest BCUT2D eigenvalue weighted by Crippen LogP contribution is 2.32. The molecule has 0 bridgehead atoms. The molecule has 4 rings (SSSR count). The molecule has 2 aliphatic heterocycles. The van der Waals surface area contributed by atoms with E-state index in [9.17, 15) is 0 Å². The number of hydrogen-bond donors (Lipinski definition) is 2. The first-order chi connectivity index (χ1) is 13.7. The summed E-state index contributed by atoms with van der Waals surface area (Å²) in [5.74, 6) is 4.32. The Kier molecular flexibility index (Phi) is 7.65. The van der Waals surface area contributed by atoms with Gasteiger partial charge in [0.1, 0.15) is 11.5 Å². The second-order valence-corrected chi connectivity index (χ2v) is 7.20. The number of rotatable bonds is 6. The predicted molar refractivity (Wildman–Crippen MR) is 123 cm³/mol. The van der Waals surface area contributed by atoms with Crippen LogP contribution in [0.5, 0.6) is 11.5 Å². The van der Waals surface area contributed by atoms with Crippen LogP contribution in [-0.4, -0.2) is 44.3 Å². The van der Waals surface area contributed by atoms with Crippen molar-refractivity contribution in [1.82, 2.24) is 15.5 Å². The second-order valence-electron chi connectivity index (χ2n) is 7.20. The number of ether oxygens (including phenoxy) is 2. The number of aryl methyl sites for hydroxylation is 1. The molecule has 1 atom stereocenters. The molecule has 29 heavy (non-hydrogen) atoms. The molecule has 0 aliphatic carbocycles. The zero-order chi connectivity index (χ0) is 19.3. The van der Waals surface area contributed by atoms with Gasteiger partial charge in [-0.25, -0.2) is 0 Å². The molecule has 1 aromatic carbocycles. The Morgan fingerprint density at radius 2 is 1.90 bits per heavy atom. The lowest BCUT2D eigenvalue weighted by molar-refractivity contribution is 0.174. The highest BCUT2D eigenvalue weighted by molar-refractivity contribution is 14.0. The summed E-state index contributed by atoms with van der Waals surface area (Å²) < 4.78 is 16.7. The normalized spacial score (nSPS) is 17.1. The van der Waals surface area contributed by atoms with Gasteiger partial charge in [-0.3, -0.25) is 9.89 Å². The average molecular weight is 512 g/mol. The average Bonchev–Trinajstić information content (AvgIpc) is 3.46. The molecule has 1 saturated heterocycles. The van der Waals surface area contributed by atoms with Crippen LogP contribution in [-0.2, 0) is 6.54 Å². The van der Waals surface area contributed by atoms with Crippen molar-refractivity contribution >= 4 is 29.9 Å². The lowest BCUT2D eigenvalue weighted by Gasteiger charge is -2.26. The van der Waals surface area contributed by atoms with Crippen LogP contribution in [0.25, 0.3) is 0 Å². The third kappa shape index (κ3) is 5.36. The quantitative estimate of drug-likeness (QED) is 0.351. The van der Waals surface area contributed by atoms with Crippen molar-refractivity contribution in [3.63, 3.8) is 0 Å². The number of fused-ring (bicyclic) bond motifs is 1. The molecule has 1 aromatic heterocycles. The van der Waals surface area contributed by atoms with Crippen LogP contribution in [0.1, 0.15) is 36.0 Å². The number of guanidine groups is 1. The predicted octanol–water partition coefficient (Wildman–Crippen LogP) is 3.44. The minimum absolute atomic E-state index is 0. The number of nitrogens with zero attached hydrogens (tertiary/aromatic N) is 2. The van der Waals surface area contributed by atoms with E-state index in [1.54, 1.807) is 7.05 Å². The fourth-order valence-electron chi connectivity index (χ4n) is 3.75. The number of aliphatic imine (C=N–C) groups is 1. The molecule has 2 aromatic rings. The van der Waals surface area contributed by atoms with Crippen LogP contribution in [0.4, 0.5) is 0 Å². The highest BCUT2D eigenvalue weighted by Gasteiger charge is 2.26. The number of halogens is 1.